The molecule has 19 heavy (non-hydrogen) atoms. The molecule has 6 heteroatoms. The van der Waals surface area contributed by atoms with E-state index in [4.69, 9.17) is 11.6 Å². The van der Waals surface area contributed by atoms with E-state index in [-0.39, 0.29) is 5.56 Å². The molecule has 0 saturated carbocycles. The fourth-order valence-corrected chi connectivity index (χ4v) is 3.11. The average molecular weight is 343 g/mol. The molecule has 0 amide bonds. The molecule has 2 aromatic rings. The van der Waals surface area contributed by atoms with Gasteiger partial charge in [-0.05, 0) is 18.2 Å². The number of aromatic amines is 1. The zero-order valence-corrected chi connectivity index (χ0v) is 12.5. The van der Waals surface area contributed by atoms with Crippen LogP contribution in [0.3, 0.4) is 0 Å². The topological polar surface area (TPSA) is 48.1 Å². The van der Waals surface area contributed by atoms with E-state index in [2.05, 4.69) is 26.2 Å². The molecule has 0 spiro atoms. The fraction of sp³-hybridized carbons (Fsp3) is 0.308. The Morgan fingerprint density at radius 1 is 1.26 bits per heavy atom. The van der Waals surface area contributed by atoms with Crippen molar-refractivity contribution in [3.63, 3.8) is 0 Å². The summed E-state index contributed by atoms with van der Waals surface area (Å²) in [5, 5.41) is 4.66. The molecule has 100 valence electrons. The molecule has 3 rings (SSSR count). The molecule has 2 N–H and O–H groups in total. The van der Waals surface area contributed by atoms with E-state index in [9.17, 15) is 4.79 Å². The molecule has 0 aliphatic carbocycles. The van der Waals surface area contributed by atoms with Crippen LogP contribution < -0.4 is 15.8 Å². The van der Waals surface area contributed by atoms with Crippen molar-refractivity contribution in [2.45, 2.75) is 0 Å². The summed E-state index contributed by atoms with van der Waals surface area (Å²) in [5.74, 6) is 0. The summed E-state index contributed by atoms with van der Waals surface area (Å²) in [5.41, 5.74) is 1.22. The number of piperazine rings is 1. The van der Waals surface area contributed by atoms with Gasteiger partial charge in [0.05, 0.1) is 5.02 Å². The number of H-pyrrole nitrogens is 1. The lowest BCUT2D eigenvalue weighted by atomic mass is 10.2. The second-order valence-corrected chi connectivity index (χ2v) is 5.84. The Kier molecular flexibility index (Phi) is 3.52. The van der Waals surface area contributed by atoms with Gasteiger partial charge in [-0.2, -0.15) is 0 Å². The first-order chi connectivity index (χ1) is 9.16. The van der Waals surface area contributed by atoms with Gasteiger partial charge in [0.15, 0.2) is 0 Å². The Morgan fingerprint density at radius 2 is 2.00 bits per heavy atom. The molecule has 1 aromatic carbocycles. The van der Waals surface area contributed by atoms with Crippen LogP contribution in [0.25, 0.3) is 10.9 Å². The van der Waals surface area contributed by atoms with Crippen LogP contribution in [0.1, 0.15) is 0 Å². The van der Waals surface area contributed by atoms with Gasteiger partial charge in [-0.25, -0.2) is 0 Å². The number of fused-ring (bicyclic) bond motifs is 1. The van der Waals surface area contributed by atoms with Crippen LogP contribution in [0.2, 0.25) is 5.02 Å². The standard InChI is InChI=1S/C13H13BrClN3O/c14-8-1-2-10-9(7-8)11(15)12(13(19)17-10)18-5-3-16-4-6-18/h1-2,7,16H,3-6H2,(H,17,19). The van der Waals surface area contributed by atoms with Crippen molar-refractivity contribution in [1.82, 2.24) is 10.3 Å². The Balaban J connectivity index is 2.20. The zero-order chi connectivity index (χ0) is 13.4. The molecule has 1 aliphatic rings. The normalized spacial score (nSPS) is 16.0. The maximum absolute atomic E-state index is 12.2. The average Bonchev–Trinajstić information content (AvgIpc) is 2.41. The first-order valence-electron chi connectivity index (χ1n) is 6.13. The molecule has 4 nitrogen and oxygen atoms in total. The quantitative estimate of drug-likeness (QED) is 0.836. The van der Waals surface area contributed by atoms with Crippen LogP contribution in [0, 0.1) is 0 Å². The van der Waals surface area contributed by atoms with Gasteiger partial charge in [0.1, 0.15) is 5.69 Å². The van der Waals surface area contributed by atoms with Crippen LogP contribution in [0.15, 0.2) is 27.5 Å². The lowest BCUT2D eigenvalue weighted by Gasteiger charge is -2.29. The van der Waals surface area contributed by atoms with E-state index in [1.165, 1.54) is 0 Å². The Morgan fingerprint density at radius 3 is 2.74 bits per heavy atom. The van der Waals surface area contributed by atoms with Gasteiger partial charge in [-0.1, -0.05) is 27.5 Å². The summed E-state index contributed by atoms with van der Waals surface area (Å²) in [6, 6.07) is 5.67. The lowest BCUT2D eigenvalue weighted by molar-refractivity contribution is 0.588. The van der Waals surface area contributed by atoms with Crippen molar-refractivity contribution in [2.75, 3.05) is 31.1 Å². The van der Waals surface area contributed by atoms with Crippen molar-refractivity contribution in [3.05, 3.63) is 38.0 Å². The number of pyridine rings is 1. The highest BCUT2D eigenvalue weighted by molar-refractivity contribution is 9.10. The van der Waals surface area contributed by atoms with Crippen LogP contribution in [0.4, 0.5) is 5.69 Å². The monoisotopic (exact) mass is 341 g/mol. The highest BCUT2D eigenvalue weighted by atomic mass is 79.9. The minimum absolute atomic E-state index is 0.123. The predicted molar refractivity (Wildman–Crippen MR) is 82.4 cm³/mol. The van der Waals surface area contributed by atoms with Crippen molar-refractivity contribution in [1.29, 1.82) is 0 Å². The number of nitrogens with zero attached hydrogens (tertiary/aromatic N) is 1. The summed E-state index contributed by atoms with van der Waals surface area (Å²) in [4.78, 5) is 17.2. The summed E-state index contributed by atoms with van der Waals surface area (Å²) in [6.07, 6.45) is 0. The highest BCUT2D eigenvalue weighted by Gasteiger charge is 2.19. The third kappa shape index (κ3) is 2.38. The summed E-state index contributed by atoms with van der Waals surface area (Å²) < 4.78 is 0.945. The van der Waals surface area contributed by atoms with Crippen LogP contribution >= 0.6 is 27.5 Å². The van der Waals surface area contributed by atoms with E-state index in [1.54, 1.807) is 0 Å². The number of hydrogen-bond donors (Lipinski definition) is 2. The fourth-order valence-electron chi connectivity index (χ4n) is 2.39. The van der Waals surface area contributed by atoms with Gasteiger partial charge < -0.3 is 15.2 Å². The van der Waals surface area contributed by atoms with Crippen molar-refractivity contribution >= 4 is 44.1 Å². The number of hydrogen-bond acceptors (Lipinski definition) is 3. The Hall–Kier alpha value is -1.04. The van der Waals surface area contributed by atoms with Crippen molar-refractivity contribution in [2.24, 2.45) is 0 Å². The van der Waals surface area contributed by atoms with Gasteiger partial charge in [0, 0.05) is 41.6 Å². The maximum atomic E-state index is 12.2. The van der Waals surface area contributed by atoms with Gasteiger partial charge >= 0.3 is 0 Å². The number of rotatable bonds is 1. The molecule has 0 radical (unpaired) electrons. The summed E-state index contributed by atoms with van der Waals surface area (Å²) in [7, 11) is 0. The second-order valence-electron chi connectivity index (χ2n) is 4.54. The van der Waals surface area contributed by atoms with E-state index in [0.29, 0.717) is 10.7 Å². The van der Waals surface area contributed by atoms with Crippen LogP contribution in [-0.2, 0) is 0 Å². The van der Waals surface area contributed by atoms with Gasteiger partial charge in [-0.3, -0.25) is 4.79 Å². The molecular formula is C13H13BrClN3O. The second kappa shape index (κ2) is 5.15. The molecular weight excluding hydrogens is 330 g/mol. The number of benzene rings is 1. The van der Waals surface area contributed by atoms with Crippen LogP contribution in [0.5, 0.6) is 0 Å². The van der Waals surface area contributed by atoms with Crippen molar-refractivity contribution in [3.8, 4) is 0 Å². The molecule has 1 saturated heterocycles. The number of anilines is 1. The first-order valence-corrected chi connectivity index (χ1v) is 7.30. The first kappa shape index (κ1) is 13.0. The van der Waals surface area contributed by atoms with E-state index in [1.807, 2.05) is 23.1 Å². The minimum Gasteiger partial charge on any atom is -0.363 e. The smallest absolute Gasteiger partial charge is 0.273 e. The third-order valence-corrected chi connectivity index (χ3v) is 4.20. The van der Waals surface area contributed by atoms with Gasteiger partial charge in [0.25, 0.3) is 5.56 Å². The van der Waals surface area contributed by atoms with Crippen LogP contribution in [-0.4, -0.2) is 31.2 Å². The Bertz CT molecular complexity index is 679. The predicted octanol–water partition coefficient (Wildman–Crippen LogP) is 2.35. The van der Waals surface area contributed by atoms with Gasteiger partial charge in [-0.15, -0.1) is 0 Å². The third-order valence-electron chi connectivity index (χ3n) is 3.32. The molecule has 1 aliphatic heterocycles. The lowest BCUT2D eigenvalue weighted by Crippen LogP contribution is -2.45. The van der Waals surface area contributed by atoms with Gasteiger partial charge in [0.2, 0.25) is 0 Å². The highest BCUT2D eigenvalue weighted by Crippen LogP contribution is 2.31. The molecule has 1 aromatic heterocycles. The number of aromatic nitrogens is 1. The van der Waals surface area contributed by atoms with E-state index in [0.717, 1.165) is 41.6 Å². The number of halogens is 2. The number of nitrogens with one attached hydrogen (secondary N) is 2. The molecule has 0 atom stereocenters. The SMILES string of the molecule is O=c1[nH]c2ccc(Br)cc2c(Cl)c1N1CCNCC1. The van der Waals surface area contributed by atoms with E-state index < -0.39 is 0 Å². The molecule has 1 fully saturated rings. The van der Waals surface area contributed by atoms with E-state index >= 15 is 0 Å². The minimum atomic E-state index is -0.123. The summed E-state index contributed by atoms with van der Waals surface area (Å²) in [6.45, 7) is 3.32. The molecule has 0 unspecified atom stereocenters. The van der Waals surface area contributed by atoms with Crippen molar-refractivity contribution < 1.29 is 0 Å². The maximum Gasteiger partial charge on any atom is 0.273 e. The largest absolute Gasteiger partial charge is 0.363 e. The molecule has 2 heterocycles. The molecule has 0 bridgehead atoms. The zero-order valence-electron chi connectivity index (χ0n) is 10.2. The Labute approximate surface area is 123 Å². The summed E-state index contributed by atoms with van der Waals surface area (Å²) >= 11 is 9.88.